The summed E-state index contributed by atoms with van der Waals surface area (Å²) in [5.74, 6) is -1.21. The maximum absolute atomic E-state index is 13.3. The molecule has 0 spiro atoms. The molecule has 3 atom stereocenters. The van der Waals surface area contributed by atoms with Crippen LogP contribution in [0.25, 0.3) is 0 Å². The number of hydrogen-bond donors (Lipinski definition) is 3. The molecule has 2 fully saturated rings. The van der Waals surface area contributed by atoms with E-state index in [0.717, 1.165) is 36.9 Å². The first-order valence-electron chi connectivity index (χ1n) is 13.9. The van der Waals surface area contributed by atoms with Gasteiger partial charge in [0.2, 0.25) is 21.8 Å². The topological polar surface area (TPSA) is 134 Å². The number of esters is 1. The van der Waals surface area contributed by atoms with Crippen molar-refractivity contribution in [2.75, 3.05) is 25.0 Å². The van der Waals surface area contributed by atoms with Crippen molar-refractivity contribution in [1.82, 2.24) is 14.9 Å². The zero-order chi connectivity index (χ0) is 28.7. The van der Waals surface area contributed by atoms with Gasteiger partial charge < -0.3 is 20.7 Å². The van der Waals surface area contributed by atoms with Gasteiger partial charge in [0.1, 0.15) is 12.1 Å². The van der Waals surface area contributed by atoms with E-state index in [1.807, 2.05) is 6.92 Å². The average Bonchev–Trinajstić information content (AvgIpc) is 3.46. The highest BCUT2D eigenvalue weighted by molar-refractivity contribution is 7.89. The van der Waals surface area contributed by atoms with Crippen LogP contribution in [0.2, 0.25) is 0 Å². The third-order valence-corrected chi connectivity index (χ3v) is 9.23. The Morgan fingerprint density at radius 2 is 1.73 bits per heavy atom. The van der Waals surface area contributed by atoms with Crippen molar-refractivity contribution in [1.29, 1.82) is 0 Å². The summed E-state index contributed by atoms with van der Waals surface area (Å²) >= 11 is 0. The molecule has 0 radical (unpaired) electrons. The largest absolute Gasteiger partial charge is 0.464 e. The first-order valence-corrected chi connectivity index (χ1v) is 15.3. The lowest BCUT2D eigenvalue weighted by Gasteiger charge is -2.26. The molecule has 0 bridgehead atoms. The Bertz CT molecular complexity index is 1290. The zero-order valence-corrected chi connectivity index (χ0v) is 23.8. The number of benzene rings is 2. The van der Waals surface area contributed by atoms with Crippen LogP contribution in [-0.2, 0) is 35.6 Å². The highest BCUT2D eigenvalue weighted by Gasteiger charge is 2.40. The van der Waals surface area contributed by atoms with E-state index in [1.54, 1.807) is 43.3 Å². The van der Waals surface area contributed by atoms with Crippen LogP contribution in [0.3, 0.4) is 0 Å². The normalized spacial score (nSPS) is 20.4. The summed E-state index contributed by atoms with van der Waals surface area (Å²) in [4.78, 5) is 38.8. The van der Waals surface area contributed by atoms with Crippen LogP contribution in [0.4, 0.5) is 5.69 Å². The molecule has 0 aliphatic carbocycles. The molecular formula is C29H38N4O6S. The molecule has 1 unspecified atom stereocenters. The van der Waals surface area contributed by atoms with Crippen molar-refractivity contribution in [3.8, 4) is 0 Å². The molecule has 0 saturated carbocycles. The van der Waals surface area contributed by atoms with E-state index < -0.39 is 34.0 Å². The number of carbonyl (C=O) groups excluding carboxylic acids is 3. The van der Waals surface area contributed by atoms with Gasteiger partial charge in [-0.15, -0.1) is 0 Å². The molecule has 40 heavy (non-hydrogen) atoms. The molecule has 2 heterocycles. The number of rotatable bonds is 10. The third kappa shape index (κ3) is 7.26. The Balaban J connectivity index is 1.43. The molecule has 3 N–H and O–H groups in total. The fourth-order valence-electron chi connectivity index (χ4n) is 5.10. The van der Waals surface area contributed by atoms with Gasteiger partial charge in [-0.05, 0) is 75.9 Å². The number of aryl methyl sites for hydroxylation is 1. The first-order chi connectivity index (χ1) is 19.2. The molecule has 2 amide bonds. The fourth-order valence-corrected chi connectivity index (χ4v) is 6.76. The van der Waals surface area contributed by atoms with E-state index in [0.29, 0.717) is 18.5 Å². The highest BCUT2D eigenvalue weighted by Crippen LogP contribution is 2.27. The maximum Gasteiger partial charge on any atom is 0.328 e. The lowest BCUT2D eigenvalue weighted by molar-refractivity contribution is -0.147. The zero-order valence-electron chi connectivity index (χ0n) is 23.0. The van der Waals surface area contributed by atoms with Gasteiger partial charge in [-0.25, -0.2) is 13.2 Å². The number of nitrogens with one attached hydrogen (secondary N) is 3. The molecule has 2 aromatic rings. The lowest BCUT2D eigenvalue weighted by Crippen LogP contribution is -2.51. The molecule has 11 heteroatoms. The summed E-state index contributed by atoms with van der Waals surface area (Å²) in [5.41, 5.74) is 2.33. The van der Waals surface area contributed by atoms with Gasteiger partial charge in [0.05, 0.1) is 17.5 Å². The SMILES string of the molecule is CCOC(=O)[C@H](Cc1ccc(NC(=O)C2CCCCN2)cc1)NC(=O)[C@@H]1CCCN1S(=O)(=O)c1ccc(C)cc1. The minimum absolute atomic E-state index is 0.0779. The van der Waals surface area contributed by atoms with Crippen molar-refractivity contribution in [3.05, 3.63) is 59.7 Å². The lowest BCUT2D eigenvalue weighted by atomic mass is 10.0. The van der Waals surface area contributed by atoms with E-state index in [2.05, 4.69) is 16.0 Å². The molecule has 2 aliphatic rings. The Morgan fingerprint density at radius 3 is 2.38 bits per heavy atom. The second kappa shape index (κ2) is 13.4. The quantitative estimate of drug-likeness (QED) is 0.374. The summed E-state index contributed by atoms with van der Waals surface area (Å²) in [6.45, 7) is 4.75. The van der Waals surface area contributed by atoms with Gasteiger partial charge in [-0.1, -0.05) is 36.2 Å². The molecule has 2 aliphatic heterocycles. The summed E-state index contributed by atoms with van der Waals surface area (Å²) in [6, 6.07) is 11.5. The number of nitrogens with zero attached hydrogens (tertiary/aromatic N) is 1. The molecule has 2 aromatic carbocycles. The molecule has 216 valence electrons. The number of amides is 2. The first kappa shape index (κ1) is 29.7. The molecule has 2 saturated heterocycles. The van der Waals surface area contributed by atoms with Gasteiger partial charge in [0.25, 0.3) is 0 Å². The van der Waals surface area contributed by atoms with Crippen LogP contribution in [-0.4, -0.2) is 68.3 Å². The predicted molar refractivity (Wildman–Crippen MR) is 151 cm³/mol. The maximum atomic E-state index is 13.3. The van der Waals surface area contributed by atoms with Gasteiger partial charge in [0.15, 0.2) is 0 Å². The molecule has 4 rings (SSSR count). The molecule has 0 aromatic heterocycles. The van der Waals surface area contributed by atoms with Gasteiger partial charge in [-0.3, -0.25) is 9.59 Å². The Labute approximate surface area is 235 Å². The van der Waals surface area contributed by atoms with Crippen molar-refractivity contribution >= 4 is 33.5 Å². The summed E-state index contributed by atoms with van der Waals surface area (Å²) in [7, 11) is -3.88. The third-order valence-electron chi connectivity index (χ3n) is 7.31. The molecule has 10 nitrogen and oxygen atoms in total. The van der Waals surface area contributed by atoms with Crippen LogP contribution < -0.4 is 16.0 Å². The summed E-state index contributed by atoms with van der Waals surface area (Å²) < 4.78 is 33.0. The van der Waals surface area contributed by atoms with E-state index in [4.69, 9.17) is 4.74 Å². The Hall–Kier alpha value is -3.28. The predicted octanol–water partition coefficient (Wildman–Crippen LogP) is 2.52. The summed E-state index contributed by atoms with van der Waals surface area (Å²) in [5, 5.41) is 8.88. The van der Waals surface area contributed by atoms with Crippen molar-refractivity contribution in [2.24, 2.45) is 0 Å². The van der Waals surface area contributed by atoms with Crippen LogP contribution in [0.5, 0.6) is 0 Å². The number of anilines is 1. The average molecular weight is 571 g/mol. The fraction of sp³-hybridized carbons (Fsp3) is 0.483. The van der Waals surface area contributed by atoms with Gasteiger partial charge >= 0.3 is 5.97 Å². The molecular weight excluding hydrogens is 532 g/mol. The minimum atomic E-state index is -3.88. The Morgan fingerprint density at radius 1 is 1.00 bits per heavy atom. The van der Waals surface area contributed by atoms with Gasteiger partial charge in [0, 0.05) is 18.7 Å². The van der Waals surface area contributed by atoms with Crippen LogP contribution in [0.1, 0.15) is 50.2 Å². The number of piperidine rings is 1. The highest BCUT2D eigenvalue weighted by atomic mass is 32.2. The van der Waals surface area contributed by atoms with E-state index in [-0.39, 0.29) is 36.4 Å². The number of carbonyl (C=O) groups is 3. The van der Waals surface area contributed by atoms with E-state index >= 15 is 0 Å². The van der Waals surface area contributed by atoms with Gasteiger partial charge in [-0.2, -0.15) is 4.31 Å². The second-order valence-corrected chi connectivity index (χ2v) is 12.2. The van der Waals surface area contributed by atoms with E-state index in [1.165, 1.54) is 16.4 Å². The minimum Gasteiger partial charge on any atom is -0.464 e. The van der Waals surface area contributed by atoms with Crippen molar-refractivity contribution < 1.29 is 27.5 Å². The summed E-state index contributed by atoms with van der Waals surface area (Å²) in [6.07, 6.45) is 3.93. The monoisotopic (exact) mass is 570 g/mol. The number of sulfonamides is 1. The van der Waals surface area contributed by atoms with Crippen molar-refractivity contribution in [3.63, 3.8) is 0 Å². The smallest absolute Gasteiger partial charge is 0.328 e. The number of hydrogen-bond acceptors (Lipinski definition) is 7. The number of ether oxygens (including phenoxy) is 1. The van der Waals surface area contributed by atoms with Crippen LogP contribution >= 0.6 is 0 Å². The second-order valence-electron chi connectivity index (χ2n) is 10.3. The van der Waals surface area contributed by atoms with E-state index in [9.17, 15) is 22.8 Å². The van der Waals surface area contributed by atoms with Crippen LogP contribution in [0, 0.1) is 6.92 Å². The standard InChI is InChI=1S/C29H38N4O6S/c1-3-39-29(36)25(19-21-11-13-22(14-12-21)31-27(34)24-7-4-5-17-30-24)32-28(35)26-8-6-18-33(26)40(37,38)23-15-9-20(2)10-16-23/h9-16,24-26,30H,3-8,17-19H2,1-2H3,(H,31,34)(H,32,35)/t24?,25-,26-/m0/s1. The van der Waals surface area contributed by atoms with Crippen LogP contribution in [0.15, 0.2) is 53.4 Å². The Kier molecular flexibility index (Phi) is 9.94. The van der Waals surface area contributed by atoms with Crippen molar-refractivity contribution in [2.45, 2.75) is 75.4 Å².